The summed E-state index contributed by atoms with van der Waals surface area (Å²) in [5.74, 6) is -0.158. The average molecular weight is 190 g/mol. The third-order valence-corrected chi connectivity index (χ3v) is 1.74. The van der Waals surface area contributed by atoms with E-state index < -0.39 is 0 Å². The van der Waals surface area contributed by atoms with Gasteiger partial charge in [0.25, 0.3) is 0 Å². The first-order valence-corrected chi connectivity index (χ1v) is 4.54. The van der Waals surface area contributed by atoms with E-state index in [0.717, 1.165) is 5.56 Å². The van der Waals surface area contributed by atoms with Crippen molar-refractivity contribution in [3.63, 3.8) is 0 Å². The molecule has 1 rings (SSSR count). The SMILES string of the molecule is CCNC(=O)/C=C(/N)c1ccccc1. The van der Waals surface area contributed by atoms with Crippen molar-refractivity contribution in [3.05, 3.63) is 42.0 Å². The van der Waals surface area contributed by atoms with E-state index in [9.17, 15) is 4.79 Å². The second-order valence-electron chi connectivity index (χ2n) is 2.86. The van der Waals surface area contributed by atoms with Gasteiger partial charge in [0.15, 0.2) is 0 Å². The topological polar surface area (TPSA) is 55.1 Å². The van der Waals surface area contributed by atoms with Gasteiger partial charge in [0.05, 0.1) is 0 Å². The Balaban J connectivity index is 2.75. The molecule has 74 valence electrons. The molecule has 1 aromatic rings. The van der Waals surface area contributed by atoms with Gasteiger partial charge in [0.1, 0.15) is 0 Å². The highest BCUT2D eigenvalue weighted by Gasteiger charge is 1.98. The molecule has 3 N–H and O–H groups in total. The quantitative estimate of drug-likeness (QED) is 0.702. The van der Waals surface area contributed by atoms with Crippen LogP contribution in [0.25, 0.3) is 5.70 Å². The van der Waals surface area contributed by atoms with E-state index in [1.807, 2.05) is 37.3 Å². The zero-order valence-corrected chi connectivity index (χ0v) is 8.16. The van der Waals surface area contributed by atoms with Crippen LogP contribution in [0.3, 0.4) is 0 Å². The molecule has 1 amide bonds. The summed E-state index contributed by atoms with van der Waals surface area (Å²) in [4.78, 5) is 11.2. The van der Waals surface area contributed by atoms with Crippen molar-refractivity contribution in [3.8, 4) is 0 Å². The van der Waals surface area contributed by atoms with Gasteiger partial charge < -0.3 is 11.1 Å². The van der Waals surface area contributed by atoms with Gasteiger partial charge in [-0.15, -0.1) is 0 Å². The molecule has 0 unspecified atom stereocenters. The lowest BCUT2D eigenvalue weighted by Gasteiger charge is -2.01. The zero-order chi connectivity index (χ0) is 10.4. The molecule has 0 spiro atoms. The van der Waals surface area contributed by atoms with Crippen LogP contribution in [0.1, 0.15) is 12.5 Å². The molecular weight excluding hydrogens is 176 g/mol. The molecule has 0 fully saturated rings. The number of benzene rings is 1. The summed E-state index contributed by atoms with van der Waals surface area (Å²) in [5.41, 5.74) is 7.07. The van der Waals surface area contributed by atoms with Crippen LogP contribution in [0.2, 0.25) is 0 Å². The molecule has 0 aliphatic heterocycles. The van der Waals surface area contributed by atoms with Gasteiger partial charge in [-0.3, -0.25) is 4.79 Å². The fourth-order valence-corrected chi connectivity index (χ4v) is 1.08. The molecule has 0 radical (unpaired) electrons. The first-order valence-electron chi connectivity index (χ1n) is 4.54. The second kappa shape index (κ2) is 5.07. The third-order valence-electron chi connectivity index (χ3n) is 1.74. The third kappa shape index (κ3) is 2.94. The first kappa shape index (κ1) is 10.3. The molecule has 0 aromatic heterocycles. The number of nitrogens with two attached hydrogens (primary N) is 1. The predicted molar refractivity (Wildman–Crippen MR) is 57.3 cm³/mol. The largest absolute Gasteiger partial charge is 0.398 e. The molecule has 3 heteroatoms. The number of nitrogens with one attached hydrogen (secondary N) is 1. The molecule has 0 heterocycles. The van der Waals surface area contributed by atoms with Crippen molar-refractivity contribution >= 4 is 11.6 Å². The Hall–Kier alpha value is -1.77. The van der Waals surface area contributed by atoms with E-state index in [1.54, 1.807) is 0 Å². The van der Waals surface area contributed by atoms with Crippen molar-refractivity contribution < 1.29 is 4.79 Å². The number of rotatable bonds is 3. The molecule has 3 nitrogen and oxygen atoms in total. The highest BCUT2D eigenvalue weighted by molar-refractivity contribution is 5.94. The van der Waals surface area contributed by atoms with Crippen molar-refractivity contribution in [1.29, 1.82) is 0 Å². The van der Waals surface area contributed by atoms with Gasteiger partial charge >= 0.3 is 0 Å². The Morgan fingerprint density at radius 3 is 2.64 bits per heavy atom. The van der Waals surface area contributed by atoms with E-state index in [-0.39, 0.29) is 5.91 Å². The van der Waals surface area contributed by atoms with Gasteiger partial charge in [0, 0.05) is 18.3 Å². The number of likely N-dealkylation sites (N-methyl/N-ethyl adjacent to an activating group) is 1. The van der Waals surface area contributed by atoms with Gasteiger partial charge in [-0.1, -0.05) is 30.3 Å². The Morgan fingerprint density at radius 1 is 1.43 bits per heavy atom. The van der Waals surface area contributed by atoms with E-state index >= 15 is 0 Å². The molecular formula is C11H14N2O. The van der Waals surface area contributed by atoms with E-state index in [2.05, 4.69) is 5.32 Å². The van der Waals surface area contributed by atoms with Gasteiger partial charge in [-0.05, 0) is 12.5 Å². The minimum absolute atomic E-state index is 0.158. The fourth-order valence-electron chi connectivity index (χ4n) is 1.08. The van der Waals surface area contributed by atoms with Crippen LogP contribution in [0.4, 0.5) is 0 Å². The Labute approximate surface area is 83.6 Å². The first-order chi connectivity index (χ1) is 6.74. The summed E-state index contributed by atoms with van der Waals surface area (Å²) >= 11 is 0. The van der Waals surface area contributed by atoms with Crippen molar-refractivity contribution in [2.24, 2.45) is 5.73 Å². The van der Waals surface area contributed by atoms with Crippen molar-refractivity contribution in [1.82, 2.24) is 5.32 Å². The van der Waals surface area contributed by atoms with Crippen LogP contribution < -0.4 is 11.1 Å². The number of carbonyl (C=O) groups excluding carboxylic acids is 1. The Morgan fingerprint density at radius 2 is 2.07 bits per heavy atom. The fraction of sp³-hybridized carbons (Fsp3) is 0.182. The molecule has 0 atom stereocenters. The lowest BCUT2D eigenvalue weighted by Crippen LogP contribution is -2.21. The summed E-state index contributed by atoms with van der Waals surface area (Å²) in [6.07, 6.45) is 1.40. The normalized spacial score (nSPS) is 11.1. The second-order valence-corrected chi connectivity index (χ2v) is 2.86. The van der Waals surface area contributed by atoms with Gasteiger partial charge in [-0.2, -0.15) is 0 Å². The van der Waals surface area contributed by atoms with Crippen LogP contribution in [0, 0.1) is 0 Å². The summed E-state index contributed by atoms with van der Waals surface area (Å²) < 4.78 is 0. The number of hydrogen-bond acceptors (Lipinski definition) is 2. The molecule has 1 aromatic carbocycles. The van der Waals surface area contributed by atoms with Crippen LogP contribution in [0.15, 0.2) is 36.4 Å². The van der Waals surface area contributed by atoms with E-state index in [0.29, 0.717) is 12.2 Å². The molecule has 0 aliphatic rings. The Bertz CT molecular complexity index is 330. The smallest absolute Gasteiger partial charge is 0.246 e. The minimum Gasteiger partial charge on any atom is -0.398 e. The van der Waals surface area contributed by atoms with Gasteiger partial charge in [-0.25, -0.2) is 0 Å². The monoisotopic (exact) mass is 190 g/mol. The maximum absolute atomic E-state index is 11.2. The Kier molecular flexibility index (Phi) is 3.73. The highest BCUT2D eigenvalue weighted by Crippen LogP contribution is 2.06. The molecule has 0 saturated carbocycles. The summed E-state index contributed by atoms with van der Waals surface area (Å²) in [6, 6.07) is 9.40. The minimum atomic E-state index is -0.158. The molecule has 0 saturated heterocycles. The lowest BCUT2D eigenvalue weighted by atomic mass is 10.1. The van der Waals surface area contributed by atoms with E-state index in [1.165, 1.54) is 6.08 Å². The highest BCUT2D eigenvalue weighted by atomic mass is 16.1. The maximum Gasteiger partial charge on any atom is 0.246 e. The zero-order valence-electron chi connectivity index (χ0n) is 8.16. The number of amides is 1. The number of hydrogen-bond donors (Lipinski definition) is 2. The molecule has 0 bridgehead atoms. The van der Waals surface area contributed by atoms with Gasteiger partial charge in [0.2, 0.25) is 5.91 Å². The van der Waals surface area contributed by atoms with Crippen LogP contribution in [-0.2, 0) is 4.79 Å². The van der Waals surface area contributed by atoms with Crippen LogP contribution >= 0.6 is 0 Å². The predicted octanol–water partition coefficient (Wildman–Crippen LogP) is 1.12. The van der Waals surface area contributed by atoms with E-state index in [4.69, 9.17) is 5.73 Å². The molecule has 14 heavy (non-hydrogen) atoms. The lowest BCUT2D eigenvalue weighted by molar-refractivity contribution is -0.116. The molecule has 0 aliphatic carbocycles. The van der Waals surface area contributed by atoms with Crippen LogP contribution in [0.5, 0.6) is 0 Å². The average Bonchev–Trinajstić information content (AvgIpc) is 2.19. The summed E-state index contributed by atoms with van der Waals surface area (Å²) in [5, 5.41) is 2.65. The standard InChI is InChI=1S/C11H14N2O/c1-2-13-11(14)8-10(12)9-6-4-3-5-7-9/h3-8H,2,12H2,1H3,(H,13,14)/b10-8+. The maximum atomic E-state index is 11.2. The summed E-state index contributed by atoms with van der Waals surface area (Å²) in [7, 11) is 0. The number of carbonyl (C=O) groups is 1. The van der Waals surface area contributed by atoms with Crippen LogP contribution in [-0.4, -0.2) is 12.5 Å². The summed E-state index contributed by atoms with van der Waals surface area (Å²) in [6.45, 7) is 2.47. The van der Waals surface area contributed by atoms with Crippen molar-refractivity contribution in [2.75, 3.05) is 6.54 Å². The van der Waals surface area contributed by atoms with Crippen molar-refractivity contribution in [2.45, 2.75) is 6.92 Å².